The Labute approximate surface area is 84.3 Å². The quantitative estimate of drug-likeness (QED) is 0.770. The van der Waals surface area contributed by atoms with E-state index in [4.69, 9.17) is 10.5 Å². The van der Waals surface area contributed by atoms with Gasteiger partial charge in [0.1, 0.15) is 5.75 Å². The molecule has 0 radical (unpaired) electrons. The summed E-state index contributed by atoms with van der Waals surface area (Å²) in [5.74, 6) is 0.857. The highest BCUT2D eigenvalue weighted by molar-refractivity contribution is 5.15. The molecule has 0 spiro atoms. The summed E-state index contributed by atoms with van der Waals surface area (Å²) in [6.07, 6.45) is 7.08. The van der Waals surface area contributed by atoms with Crippen LogP contribution in [0.1, 0.15) is 19.3 Å². The van der Waals surface area contributed by atoms with Gasteiger partial charge in [-0.1, -0.05) is 0 Å². The van der Waals surface area contributed by atoms with Gasteiger partial charge in [-0.3, -0.25) is 4.98 Å². The molecule has 1 aromatic heterocycles. The molecule has 0 bridgehead atoms. The molecule has 1 heterocycles. The Hall–Kier alpha value is -1.09. The van der Waals surface area contributed by atoms with Gasteiger partial charge in [-0.25, -0.2) is 0 Å². The van der Waals surface area contributed by atoms with Gasteiger partial charge in [0, 0.05) is 11.6 Å². The van der Waals surface area contributed by atoms with Crippen molar-refractivity contribution in [3.63, 3.8) is 0 Å². The zero-order valence-corrected chi connectivity index (χ0v) is 8.28. The lowest BCUT2D eigenvalue weighted by Gasteiger charge is -2.14. The van der Waals surface area contributed by atoms with Crippen LogP contribution in [0.2, 0.25) is 0 Å². The maximum Gasteiger partial charge on any atom is 0.137 e. The second-order valence-electron chi connectivity index (χ2n) is 4.02. The van der Waals surface area contributed by atoms with E-state index in [2.05, 4.69) is 4.98 Å². The number of nitrogens with zero attached hydrogens (tertiary/aromatic N) is 1. The summed E-state index contributed by atoms with van der Waals surface area (Å²) in [6.45, 7) is 1.55. The van der Waals surface area contributed by atoms with Gasteiger partial charge in [-0.15, -0.1) is 0 Å². The number of rotatable bonds is 5. The second-order valence-corrected chi connectivity index (χ2v) is 4.02. The Balaban J connectivity index is 1.83. The summed E-state index contributed by atoms with van der Waals surface area (Å²) in [6, 6.07) is 3.82. The highest BCUT2D eigenvalue weighted by atomic mass is 16.5. The Morgan fingerprint density at radius 1 is 1.50 bits per heavy atom. The Morgan fingerprint density at radius 2 is 2.36 bits per heavy atom. The van der Waals surface area contributed by atoms with Gasteiger partial charge in [0.25, 0.3) is 0 Å². The van der Waals surface area contributed by atoms with Crippen LogP contribution in [0.25, 0.3) is 0 Å². The predicted octanol–water partition coefficient (Wildman–Crippen LogP) is 1.59. The number of nitrogens with two attached hydrogens (primary N) is 1. The van der Waals surface area contributed by atoms with E-state index in [9.17, 15) is 0 Å². The smallest absolute Gasteiger partial charge is 0.137 e. The van der Waals surface area contributed by atoms with Crippen LogP contribution in [0.15, 0.2) is 24.5 Å². The molecule has 1 saturated carbocycles. The highest BCUT2D eigenvalue weighted by Crippen LogP contribution is 2.48. The molecule has 0 aliphatic heterocycles. The number of ether oxygens (including phenoxy) is 1. The molecule has 76 valence electrons. The molecular formula is C11H16N2O. The first kappa shape index (κ1) is 9.46. The van der Waals surface area contributed by atoms with Gasteiger partial charge in [-0.05, 0) is 37.9 Å². The van der Waals surface area contributed by atoms with Crippen molar-refractivity contribution in [2.45, 2.75) is 19.3 Å². The van der Waals surface area contributed by atoms with Crippen LogP contribution in [-0.2, 0) is 0 Å². The van der Waals surface area contributed by atoms with E-state index in [1.54, 1.807) is 12.4 Å². The van der Waals surface area contributed by atoms with E-state index < -0.39 is 0 Å². The summed E-state index contributed by atoms with van der Waals surface area (Å²) in [4.78, 5) is 4.00. The van der Waals surface area contributed by atoms with Crippen LogP contribution >= 0.6 is 0 Å². The van der Waals surface area contributed by atoms with Gasteiger partial charge in [0.05, 0.1) is 12.8 Å². The molecule has 0 unspecified atom stereocenters. The first-order valence-corrected chi connectivity index (χ1v) is 5.08. The molecule has 1 aliphatic rings. The van der Waals surface area contributed by atoms with E-state index in [0.717, 1.165) is 25.3 Å². The van der Waals surface area contributed by atoms with Crippen LogP contribution in [0.3, 0.4) is 0 Å². The third-order valence-corrected chi connectivity index (χ3v) is 2.81. The molecule has 1 aliphatic carbocycles. The van der Waals surface area contributed by atoms with Gasteiger partial charge >= 0.3 is 0 Å². The molecular weight excluding hydrogens is 176 g/mol. The molecule has 14 heavy (non-hydrogen) atoms. The minimum atomic E-state index is 0.380. The lowest BCUT2D eigenvalue weighted by molar-refractivity contribution is 0.226. The summed E-state index contributed by atoms with van der Waals surface area (Å²) >= 11 is 0. The molecule has 3 heteroatoms. The van der Waals surface area contributed by atoms with Crippen molar-refractivity contribution in [3.05, 3.63) is 24.5 Å². The monoisotopic (exact) mass is 192 g/mol. The van der Waals surface area contributed by atoms with Crippen molar-refractivity contribution in [1.29, 1.82) is 0 Å². The van der Waals surface area contributed by atoms with E-state index >= 15 is 0 Å². The van der Waals surface area contributed by atoms with Crippen LogP contribution in [-0.4, -0.2) is 18.1 Å². The predicted molar refractivity (Wildman–Crippen MR) is 55.1 cm³/mol. The average Bonchev–Trinajstić information content (AvgIpc) is 2.98. The Morgan fingerprint density at radius 3 is 2.93 bits per heavy atom. The minimum Gasteiger partial charge on any atom is -0.491 e. The van der Waals surface area contributed by atoms with E-state index in [1.165, 1.54) is 12.8 Å². The molecule has 3 nitrogen and oxygen atoms in total. The molecule has 1 aromatic rings. The second kappa shape index (κ2) is 3.96. The average molecular weight is 192 g/mol. The summed E-state index contributed by atoms with van der Waals surface area (Å²) in [5.41, 5.74) is 5.94. The topological polar surface area (TPSA) is 48.1 Å². The molecule has 0 amide bonds. The van der Waals surface area contributed by atoms with Crippen molar-refractivity contribution in [1.82, 2.24) is 4.98 Å². The van der Waals surface area contributed by atoms with Crippen molar-refractivity contribution in [2.75, 3.05) is 13.2 Å². The van der Waals surface area contributed by atoms with Crippen LogP contribution < -0.4 is 10.5 Å². The zero-order valence-electron chi connectivity index (χ0n) is 8.28. The Bertz CT molecular complexity index is 283. The minimum absolute atomic E-state index is 0.380. The van der Waals surface area contributed by atoms with E-state index in [1.807, 2.05) is 12.1 Å². The molecule has 2 rings (SSSR count). The standard InChI is InChI=1S/C11H16N2O/c12-6-5-11(3-4-11)9-14-10-2-1-7-13-8-10/h1-2,7-8H,3-6,9,12H2. The van der Waals surface area contributed by atoms with Crippen LogP contribution in [0.4, 0.5) is 0 Å². The summed E-state index contributed by atoms with van der Waals surface area (Å²) in [5, 5.41) is 0. The first-order valence-electron chi connectivity index (χ1n) is 5.08. The highest BCUT2D eigenvalue weighted by Gasteiger charge is 2.42. The molecule has 1 fully saturated rings. The fraction of sp³-hybridized carbons (Fsp3) is 0.545. The van der Waals surface area contributed by atoms with Crippen molar-refractivity contribution in [2.24, 2.45) is 11.1 Å². The molecule has 0 aromatic carbocycles. The SMILES string of the molecule is NCCC1(COc2cccnc2)CC1. The summed E-state index contributed by atoms with van der Waals surface area (Å²) in [7, 11) is 0. The maximum absolute atomic E-state index is 5.67. The first-order chi connectivity index (χ1) is 6.85. The molecule has 0 atom stereocenters. The lowest BCUT2D eigenvalue weighted by atomic mass is 10.0. The number of hydrogen-bond donors (Lipinski definition) is 1. The third-order valence-electron chi connectivity index (χ3n) is 2.81. The molecule has 0 saturated heterocycles. The fourth-order valence-electron chi connectivity index (χ4n) is 1.62. The number of aromatic nitrogens is 1. The third kappa shape index (κ3) is 2.23. The van der Waals surface area contributed by atoms with Gasteiger partial charge in [0.2, 0.25) is 0 Å². The van der Waals surface area contributed by atoms with Gasteiger partial charge < -0.3 is 10.5 Å². The normalized spacial score (nSPS) is 17.8. The van der Waals surface area contributed by atoms with Crippen LogP contribution in [0.5, 0.6) is 5.75 Å². The number of pyridine rings is 1. The maximum atomic E-state index is 5.67. The van der Waals surface area contributed by atoms with E-state index in [0.29, 0.717) is 5.41 Å². The lowest BCUT2D eigenvalue weighted by Crippen LogP contribution is -2.17. The molecule has 2 N–H and O–H groups in total. The Kier molecular flexibility index (Phi) is 2.68. The number of hydrogen-bond acceptors (Lipinski definition) is 3. The van der Waals surface area contributed by atoms with Crippen molar-refractivity contribution in [3.8, 4) is 5.75 Å². The van der Waals surface area contributed by atoms with Gasteiger partial charge in [0.15, 0.2) is 0 Å². The largest absolute Gasteiger partial charge is 0.491 e. The zero-order chi connectivity index (χ0) is 9.86. The van der Waals surface area contributed by atoms with E-state index in [-0.39, 0.29) is 0 Å². The van der Waals surface area contributed by atoms with Crippen molar-refractivity contribution >= 4 is 0 Å². The fourth-order valence-corrected chi connectivity index (χ4v) is 1.62. The summed E-state index contributed by atoms with van der Waals surface area (Å²) < 4.78 is 5.67. The van der Waals surface area contributed by atoms with Crippen LogP contribution in [0, 0.1) is 5.41 Å². The van der Waals surface area contributed by atoms with Gasteiger partial charge in [-0.2, -0.15) is 0 Å². The van der Waals surface area contributed by atoms with Crippen molar-refractivity contribution < 1.29 is 4.74 Å².